The van der Waals surface area contributed by atoms with E-state index in [0.29, 0.717) is 5.71 Å². The molecule has 1 amide bonds. The molecule has 2 aromatic carbocycles. The lowest BCUT2D eigenvalue weighted by atomic mass is 10.1. The van der Waals surface area contributed by atoms with E-state index < -0.39 is 10.8 Å². The predicted molar refractivity (Wildman–Crippen MR) is 90.1 cm³/mol. The third kappa shape index (κ3) is 4.39. The number of hydrogen-bond acceptors (Lipinski definition) is 5. The summed E-state index contributed by atoms with van der Waals surface area (Å²) in [5.74, 6) is -0.460. The Hall–Kier alpha value is -3.22. The zero-order valence-electron chi connectivity index (χ0n) is 13.4. The average molecular weight is 327 g/mol. The van der Waals surface area contributed by atoms with Crippen molar-refractivity contribution in [3.05, 3.63) is 69.8 Å². The van der Waals surface area contributed by atoms with Crippen LogP contribution in [0.4, 0.5) is 5.69 Å². The largest absolute Gasteiger partial charge is 0.477 e. The number of amides is 1. The van der Waals surface area contributed by atoms with E-state index in [0.717, 1.165) is 11.1 Å². The first-order chi connectivity index (χ1) is 11.5. The molecule has 0 bridgehead atoms. The highest BCUT2D eigenvalue weighted by atomic mass is 16.6. The molecule has 124 valence electrons. The molecule has 2 rings (SSSR count). The quantitative estimate of drug-likeness (QED) is 0.501. The molecule has 0 unspecified atom stereocenters. The Morgan fingerprint density at radius 2 is 1.88 bits per heavy atom. The SMILES string of the molecule is C/C(=N/NC(=O)COc1ccccc1[N+](=O)[O-])c1ccccc1C. The number of hydrazone groups is 1. The van der Waals surface area contributed by atoms with E-state index in [2.05, 4.69) is 10.5 Å². The van der Waals surface area contributed by atoms with E-state index in [1.165, 1.54) is 18.2 Å². The van der Waals surface area contributed by atoms with E-state index >= 15 is 0 Å². The summed E-state index contributed by atoms with van der Waals surface area (Å²) < 4.78 is 5.20. The molecule has 0 saturated carbocycles. The minimum absolute atomic E-state index is 0.0391. The molecule has 0 spiro atoms. The number of carbonyl (C=O) groups is 1. The van der Waals surface area contributed by atoms with Gasteiger partial charge in [-0.15, -0.1) is 0 Å². The second-order valence-corrected chi connectivity index (χ2v) is 5.06. The van der Waals surface area contributed by atoms with Gasteiger partial charge in [0.25, 0.3) is 5.91 Å². The first-order valence-electron chi connectivity index (χ1n) is 7.24. The van der Waals surface area contributed by atoms with Crippen LogP contribution in [0.15, 0.2) is 53.6 Å². The standard InChI is InChI=1S/C17H17N3O4/c1-12-7-3-4-8-14(12)13(2)18-19-17(21)11-24-16-10-6-5-9-15(16)20(22)23/h3-10H,11H2,1-2H3,(H,19,21)/b18-13-. The van der Waals surface area contributed by atoms with Crippen LogP contribution in [0.3, 0.4) is 0 Å². The van der Waals surface area contributed by atoms with Gasteiger partial charge in [-0.05, 0) is 25.5 Å². The van der Waals surface area contributed by atoms with Gasteiger partial charge in [0.1, 0.15) is 0 Å². The number of para-hydroxylation sites is 2. The van der Waals surface area contributed by atoms with Gasteiger partial charge in [0.05, 0.1) is 10.6 Å². The van der Waals surface area contributed by atoms with Gasteiger partial charge in [0.15, 0.2) is 12.4 Å². The molecule has 0 radical (unpaired) electrons. The molecule has 7 heteroatoms. The number of aryl methyl sites for hydroxylation is 1. The maximum Gasteiger partial charge on any atom is 0.310 e. The lowest BCUT2D eigenvalue weighted by molar-refractivity contribution is -0.385. The zero-order valence-corrected chi connectivity index (χ0v) is 13.4. The van der Waals surface area contributed by atoms with Crippen molar-refractivity contribution >= 4 is 17.3 Å². The molecule has 0 fully saturated rings. The summed E-state index contributed by atoms with van der Waals surface area (Å²) in [6.07, 6.45) is 0. The summed E-state index contributed by atoms with van der Waals surface area (Å²) in [6, 6.07) is 13.5. The predicted octanol–water partition coefficient (Wildman–Crippen LogP) is 2.82. The molecule has 0 heterocycles. The van der Waals surface area contributed by atoms with E-state index in [1.807, 2.05) is 31.2 Å². The van der Waals surface area contributed by atoms with Crippen LogP contribution >= 0.6 is 0 Å². The number of nitrogens with one attached hydrogen (secondary N) is 1. The molecule has 0 aliphatic rings. The first-order valence-corrected chi connectivity index (χ1v) is 7.24. The second-order valence-electron chi connectivity index (χ2n) is 5.06. The van der Waals surface area contributed by atoms with Crippen molar-refractivity contribution in [3.8, 4) is 5.75 Å². The highest BCUT2D eigenvalue weighted by Crippen LogP contribution is 2.25. The van der Waals surface area contributed by atoms with Gasteiger partial charge in [-0.25, -0.2) is 5.43 Å². The number of nitro benzene ring substituents is 1. The number of nitrogens with zero attached hydrogens (tertiary/aromatic N) is 2. The highest BCUT2D eigenvalue weighted by molar-refractivity contribution is 6.00. The second kappa shape index (κ2) is 7.87. The molecule has 0 aromatic heterocycles. The number of hydrogen-bond donors (Lipinski definition) is 1. The van der Waals surface area contributed by atoms with Crippen LogP contribution in [0.5, 0.6) is 5.75 Å². The molecular weight excluding hydrogens is 310 g/mol. The van der Waals surface area contributed by atoms with Gasteiger partial charge in [-0.2, -0.15) is 5.10 Å². The van der Waals surface area contributed by atoms with Crippen LogP contribution in [-0.4, -0.2) is 23.1 Å². The number of nitro groups is 1. The number of ether oxygens (including phenoxy) is 1. The summed E-state index contributed by atoms with van der Waals surface area (Å²) in [6.45, 7) is 3.37. The Balaban J connectivity index is 1.96. The molecule has 7 nitrogen and oxygen atoms in total. The molecule has 0 saturated heterocycles. The van der Waals surface area contributed by atoms with Gasteiger partial charge in [0, 0.05) is 11.6 Å². The zero-order chi connectivity index (χ0) is 17.5. The maximum atomic E-state index is 11.8. The summed E-state index contributed by atoms with van der Waals surface area (Å²) in [5, 5.41) is 14.9. The topological polar surface area (TPSA) is 93.8 Å². The fourth-order valence-electron chi connectivity index (χ4n) is 2.09. The van der Waals surface area contributed by atoms with Crippen LogP contribution in [0.25, 0.3) is 0 Å². The molecule has 24 heavy (non-hydrogen) atoms. The van der Waals surface area contributed by atoms with Crippen molar-refractivity contribution in [1.82, 2.24) is 5.43 Å². The first kappa shape index (κ1) is 17.1. The lowest BCUT2D eigenvalue weighted by Crippen LogP contribution is -2.25. The summed E-state index contributed by atoms with van der Waals surface area (Å²) in [5.41, 5.74) is 4.82. The number of carbonyl (C=O) groups excluding carboxylic acids is 1. The Bertz CT molecular complexity index is 787. The van der Waals surface area contributed by atoms with Gasteiger partial charge >= 0.3 is 5.69 Å². The van der Waals surface area contributed by atoms with Crippen LogP contribution in [-0.2, 0) is 4.79 Å². The Morgan fingerprint density at radius 3 is 2.58 bits per heavy atom. The van der Waals surface area contributed by atoms with Crippen LogP contribution in [0.1, 0.15) is 18.1 Å². The van der Waals surface area contributed by atoms with Gasteiger partial charge in [-0.3, -0.25) is 14.9 Å². The molecular formula is C17H17N3O4. The van der Waals surface area contributed by atoms with Crippen LogP contribution in [0.2, 0.25) is 0 Å². The Morgan fingerprint density at radius 1 is 1.21 bits per heavy atom. The Labute approximate surface area is 139 Å². The van der Waals surface area contributed by atoms with Crippen molar-refractivity contribution in [1.29, 1.82) is 0 Å². The van der Waals surface area contributed by atoms with Gasteiger partial charge in [0.2, 0.25) is 0 Å². The molecule has 2 aromatic rings. The van der Waals surface area contributed by atoms with Crippen molar-refractivity contribution in [3.63, 3.8) is 0 Å². The van der Waals surface area contributed by atoms with Crippen LogP contribution < -0.4 is 10.2 Å². The number of rotatable bonds is 6. The van der Waals surface area contributed by atoms with Gasteiger partial charge in [-0.1, -0.05) is 36.4 Å². The normalized spacial score (nSPS) is 11.0. The maximum absolute atomic E-state index is 11.8. The molecule has 0 aliphatic carbocycles. The van der Waals surface area contributed by atoms with E-state index in [1.54, 1.807) is 13.0 Å². The van der Waals surface area contributed by atoms with Crippen molar-refractivity contribution in [2.75, 3.05) is 6.61 Å². The summed E-state index contributed by atoms with van der Waals surface area (Å²) >= 11 is 0. The van der Waals surface area contributed by atoms with E-state index in [-0.39, 0.29) is 18.0 Å². The van der Waals surface area contributed by atoms with Crippen molar-refractivity contribution < 1.29 is 14.5 Å². The molecule has 1 N–H and O–H groups in total. The smallest absolute Gasteiger partial charge is 0.310 e. The van der Waals surface area contributed by atoms with Crippen molar-refractivity contribution in [2.45, 2.75) is 13.8 Å². The minimum Gasteiger partial charge on any atom is -0.477 e. The van der Waals surface area contributed by atoms with E-state index in [9.17, 15) is 14.9 Å². The van der Waals surface area contributed by atoms with E-state index in [4.69, 9.17) is 4.74 Å². The monoisotopic (exact) mass is 327 g/mol. The fraction of sp³-hybridized carbons (Fsp3) is 0.176. The third-order valence-electron chi connectivity index (χ3n) is 3.30. The minimum atomic E-state index is -0.562. The molecule has 0 aliphatic heterocycles. The Kier molecular flexibility index (Phi) is 5.62. The fourth-order valence-corrected chi connectivity index (χ4v) is 2.09. The highest BCUT2D eigenvalue weighted by Gasteiger charge is 2.14. The third-order valence-corrected chi connectivity index (χ3v) is 3.30. The van der Waals surface area contributed by atoms with Crippen molar-refractivity contribution in [2.24, 2.45) is 5.10 Å². The lowest BCUT2D eigenvalue weighted by Gasteiger charge is -2.07. The molecule has 0 atom stereocenters. The summed E-state index contributed by atoms with van der Waals surface area (Å²) in [7, 11) is 0. The van der Waals surface area contributed by atoms with Crippen LogP contribution in [0, 0.1) is 17.0 Å². The number of benzene rings is 2. The van der Waals surface area contributed by atoms with Gasteiger partial charge < -0.3 is 4.74 Å². The average Bonchev–Trinajstić information content (AvgIpc) is 2.58. The summed E-state index contributed by atoms with van der Waals surface area (Å²) in [4.78, 5) is 22.1.